The van der Waals surface area contributed by atoms with Crippen LogP contribution in [-0.4, -0.2) is 14.4 Å². The summed E-state index contributed by atoms with van der Waals surface area (Å²) >= 11 is 0. The molecule has 0 aliphatic heterocycles. The molecule has 0 saturated carbocycles. The fourth-order valence-electron chi connectivity index (χ4n) is 0.201. The van der Waals surface area contributed by atoms with Crippen LogP contribution in [0.1, 0.15) is 20.8 Å². The molecule has 0 unspecified atom stereocenters. The van der Waals surface area contributed by atoms with E-state index in [1.54, 1.807) is 20.8 Å². The number of hydrogen-bond donors (Lipinski definition) is 0. The van der Waals surface area contributed by atoms with E-state index in [4.69, 9.17) is 0 Å². The van der Waals surface area contributed by atoms with Crippen LogP contribution >= 0.6 is 0 Å². The summed E-state index contributed by atoms with van der Waals surface area (Å²) in [6.07, 6.45) is 0. The molecule has 0 aromatic carbocycles. The van der Waals surface area contributed by atoms with Gasteiger partial charge in [-0.25, -0.2) is 4.79 Å². The van der Waals surface area contributed by atoms with E-state index in [1.807, 2.05) is 0 Å². The van der Waals surface area contributed by atoms with Crippen LogP contribution in [-0.2, 0) is 20.1 Å². The SMILES string of the molecule is CC(C)(C)C(=O)ON=S(=O)=O. The lowest BCUT2D eigenvalue weighted by Gasteiger charge is -2.11. The Morgan fingerprint density at radius 3 is 2.09 bits per heavy atom. The molecule has 0 heterocycles. The highest BCUT2D eigenvalue weighted by molar-refractivity contribution is 7.61. The summed E-state index contributed by atoms with van der Waals surface area (Å²) in [5.74, 6) is -0.679. The summed E-state index contributed by atoms with van der Waals surface area (Å²) in [4.78, 5) is 14.8. The molecule has 0 fully saturated rings. The zero-order chi connectivity index (χ0) is 9.07. The van der Waals surface area contributed by atoms with Gasteiger partial charge in [0.2, 0.25) is 0 Å². The van der Waals surface area contributed by atoms with E-state index in [2.05, 4.69) is 9.36 Å². The maximum Gasteiger partial charge on any atom is 0.349 e. The summed E-state index contributed by atoms with van der Waals surface area (Å²) in [6, 6.07) is 0. The molecule has 0 saturated heterocycles. The maximum atomic E-state index is 10.8. The lowest BCUT2D eigenvalue weighted by Crippen LogP contribution is -2.20. The van der Waals surface area contributed by atoms with Gasteiger partial charge >= 0.3 is 16.5 Å². The lowest BCUT2D eigenvalue weighted by atomic mass is 9.98. The van der Waals surface area contributed by atoms with E-state index in [9.17, 15) is 13.2 Å². The first-order valence-corrected chi connectivity index (χ1v) is 3.89. The topological polar surface area (TPSA) is 72.8 Å². The molecule has 0 aromatic rings. The Hall–Kier alpha value is -0.910. The van der Waals surface area contributed by atoms with Gasteiger partial charge in [0.05, 0.1) is 9.94 Å². The molecular formula is C5H9NO4S. The third-order valence-electron chi connectivity index (χ3n) is 0.793. The summed E-state index contributed by atoms with van der Waals surface area (Å²) < 4.78 is 22.1. The number of carbonyl (C=O) groups is 1. The fourth-order valence-corrected chi connectivity index (χ4v) is 0.330. The van der Waals surface area contributed by atoms with E-state index < -0.39 is 21.9 Å². The second kappa shape index (κ2) is 3.47. The molecule has 6 heteroatoms. The van der Waals surface area contributed by atoms with Crippen LogP contribution in [0.2, 0.25) is 0 Å². The second-order valence-corrected chi connectivity index (χ2v) is 3.50. The van der Waals surface area contributed by atoms with E-state index in [0.717, 1.165) is 0 Å². The van der Waals surface area contributed by atoms with Crippen LogP contribution in [0.5, 0.6) is 0 Å². The Kier molecular flexibility index (Phi) is 3.18. The molecular weight excluding hydrogens is 170 g/mol. The van der Waals surface area contributed by atoms with Crippen molar-refractivity contribution in [2.75, 3.05) is 0 Å². The average Bonchev–Trinajstić information content (AvgIpc) is 1.80. The van der Waals surface area contributed by atoms with Crippen molar-refractivity contribution < 1.29 is 18.0 Å². The Morgan fingerprint density at radius 1 is 1.36 bits per heavy atom. The van der Waals surface area contributed by atoms with E-state index >= 15 is 0 Å². The molecule has 5 nitrogen and oxygen atoms in total. The first kappa shape index (κ1) is 10.1. The predicted molar refractivity (Wildman–Crippen MR) is 36.9 cm³/mol. The van der Waals surface area contributed by atoms with Crippen LogP contribution < -0.4 is 0 Å². The number of rotatable bonds is 1. The van der Waals surface area contributed by atoms with Crippen molar-refractivity contribution in [3.05, 3.63) is 0 Å². The molecule has 0 bridgehead atoms. The highest BCUT2D eigenvalue weighted by Gasteiger charge is 2.23. The normalized spacial score (nSPS) is 10.5. The highest BCUT2D eigenvalue weighted by Crippen LogP contribution is 2.14. The van der Waals surface area contributed by atoms with Gasteiger partial charge < -0.3 is 4.84 Å². The fraction of sp³-hybridized carbons (Fsp3) is 0.800. The van der Waals surface area contributed by atoms with Gasteiger partial charge in [-0.05, 0) is 20.8 Å². The van der Waals surface area contributed by atoms with Crippen LogP contribution in [0, 0.1) is 5.41 Å². The van der Waals surface area contributed by atoms with E-state index in [0.29, 0.717) is 0 Å². The van der Waals surface area contributed by atoms with Gasteiger partial charge in [0, 0.05) is 0 Å². The molecule has 0 N–H and O–H groups in total. The Bertz CT molecular complexity index is 263. The van der Waals surface area contributed by atoms with Gasteiger partial charge in [-0.2, -0.15) is 8.42 Å². The molecule has 0 radical (unpaired) electrons. The summed E-state index contributed by atoms with van der Waals surface area (Å²) in [5.41, 5.74) is -0.733. The molecule has 0 aliphatic rings. The number of carbonyl (C=O) groups excluding carboxylic acids is 1. The van der Waals surface area contributed by atoms with Crippen molar-refractivity contribution in [3.8, 4) is 0 Å². The van der Waals surface area contributed by atoms with Crippen molar-refractivity contribution in [3.63, 3.8) is 0 Å². The Labute approximate surface area is 66.0 Å². The number of nitrogens with zero attached hydrogens (tertiary/aromatic N) is 1. The van der Waals surface area contributed by atoms with Gasteiger partial charge in [0.15, 0.2) is 0 Å². The van der Waals surface area contributed by atoms with Gasteiger partial charge in [0.1, 0.15) is 0 Å². The highest BCUT2D eigenvalue weighted by atomic mass is 32.2. The zero-order valence-corrected chi connectivity index (χ0v) is 7.30. The average molecular weight is 179 g/mol. The minimum absolute atomic E-state index is 0.679. The summed E-state index contributed by atoms with van der Waals surface area (Å²) in [7, 11) is -2.69. The summed E-state index contributed by atoms with van der Waals surface area (Å²) in [6.45, 7) is 4.79. The summed E-state index contributed by atoms with van der Waals surface area (Å²) in [5, 5.41) is 0. The monoisotopic (exact) mass is 179 g/mol. The Balaban J connectivity index is 4.23. The van der Waals surface area contributed by atoms with Crippen molar-refractivity contribution in [2.24, 2.45) is 9.94 Å². The van der Waals surface area contributed by atoms with Gasteiger partial charge in [0.25, 0.3) is 0 Å². The molecule has 0 aliphatic carbocycles. The lowest BCUT2D eigenvalue weighted by molar-refractivity contribution is -0.152. The minimum Gasteiger partial charge on any atom is -0.303 e. The van der Waals surface area contributed by atoms with Crippen LogP contribution in [0.3, 0.4) is 0 Å². The molecule has 0 spiro atoms. The molecule has 0 aromatic heterocycles. The van der Waals surface area contributed by atoms with Crippen molar-refractivity contribution in [1.29, 1.82) is 0 Å². The van der Waals surface area contributed by atoms with Gasteiger partial charge in [-0.15, -0.1) is 0 Å². The zero-order valence-electron chi connectivity index (χ0n) is 6.49. The van der Waals surface area contributed by atoms with Crippen LogP contribution in [0.25, 0.3) is 0 Å². The van der Waals surface area contributed by atoms with Gasteiger partial charge in [-0.1, -0.05) is 0 Å². The van der Waals surface area contributed by atoms with Gasteiger partial charge in [-0.3, -0.25) is 0 Å². The standard InChI is InChI=1S/C5H9NO4S/c1-5(2,3)4(7)10-6-11(8)9/h1-3H3. The minimum atomic E-state index is -2.69. The van der Waals surface area contributed by atoms with Crippen LogP contribution in [0.15, 0.2) is 4.53 Å². The van der Waals surface area contributed by atoms with Crippen molar-refractivity contribution in [2.45, 2.75) is 20.8 Å². The third-order valence-corrected chi connectivity index (χ3v) is 0.990. The largest absolute Gasteiger partial charge is 0.349 e. The molecule has 11 heavy (non-hydrogen) atoms. The molecule has 0 rings (SSSR count). The first-order chi connectivity index (χ1) is 4.84. The number of hydrogen-bond acceptors (Lipinski definition) is 5. The quantitative estimate of drug-likeness (QED) is 0.551. The van der Waals surface area contributed by atoms with Crippen molar-refractivity contribution >= 4 is 16.5 Å². The van der Waals surface area contributed by atoms with E-state index in [1.165, 1.54) is 0 Å². The Morgan fingerprint density at radius 2 is 1.82 bits per heavy atom. The second-order valence-electron chi connectivity index (χ2n) is 2.92. The maximum absolute atomic E-state index is 10.8. The van der Waals surface area contributed by atoms with Crippen molar-refractivity contribution in [1.82, 2.24) is 0 Å². The molecule has 0 atom stereocenters. The van der Waals surface area contributed by atoms with Crippen LogP contribution in [0.4, 0.5) is 0 Å². The molecule has 64 valence electrons. The van der Waals surface area contributed by atoms with E-state index in [-0.39, 0.29) is 0 Å². The first-order valence-electron chi connectivity index (χ1n) is 2.86. The smallest absolute Gasteiger partial charge is 0.303 e. The molecule has 0 amide bonds. The third kappa shape index (κ3) is 4.49. The predicted octanol–water partition coefficient (Wildman–Crippen LogP) is 0.553.